The predicted octanol–water partition coefficient (Wildman–Crippen LogP) is -0.977. The first-order valence-electron chi connectivity index (χ1n) is 7.48. The second-order valence-electron chi connectivity index (χ2n) is 6.45. The fourth-order valence-electron chi connectivity index (χ4n) is 3.29. The molecule has 2 saturated heterocycles. The molecule has 2 heterocycles. The summed E-state index contributed by atoms with van der Waals surface area (Å²) in [5, 5.41) is 5.56. The molecule has 0 spiro atoms. The Kier molecular flexibility index (Phi) is 4.85. The van der Waals surface area contributed by atoms with Crippen molar-refractivity contribution in [2.24, 2.45) is 11.1 Å². The summed E-state index contributed by atoms with van der Waals surface area (Å²) in [5.74, 6) is -0.264. The largest absolute Gasteiger partial charge is 0.358 e. The van der Waals surface area contributed by atoms with Crippen molar-refractivity contribution < 1.29 is 14.3 Å². The number of ether oxygens (including phenoxy) is 1. The van der Waals surface area contributed by atoms with Crippen LogP contribution in [0.1, 0.15) is 26.7 Å². The lowest BCUT2D eigenvalue weighted by Gasteiger charge is -2.33. The molecule has 2 rings (SSSR count). The van der Waals surface area contributed by atoms with Gasteiger partial charge in [-0.05, 0) is 18.9 Å². The van der Waals surface area contributed by atoms with Crippen LogP contribution >= 0.6 is 0 Å². The molecular weight excluding hydrogens is 272 g/mol. The Balaban J connectivity index is 2.15. The van der Waals surface area contributed by atoms with E-state index < -0.39 is 6.04 Å². The Bertz CT molecular complexity index is 413. The lowest BCUT2D eigenvalue weighted by molar-refractivity contribution is -0.144. The van der Waals surface area contributed by atoms with Gasteiger partial charge in [-0.1, -0.05) is 13.8 Å². The third-order valence-corrected chi connectivity index (χ3v) is 4.41. The number of carbonyl (C=O) groups excluding carboxylic acids is 2. The van der Waals surface area contributed by atoms with E-state index in [1.807, 2.05) is 0 Å². The van der Waals surface area contributed by atoms with E-state index in [0.29, 0.717) is 19.6 Å². The van der Waals surface area contributed by atoms with Gasteiger partial charge in [0.1, 0.15) is 12.3 Å². The van der Waals surface area contributed by atoms with E-state index in [1.165, 1.54) is 0 Å². The maximum Gasteiger partial charge on any atom is 0.247 e. The number of hydrogen-bond acceptors (Lipinski definition) is 5. The quantitative estimate of drug-likeness (QED) is 0.620. The number of likely N-dealkylation sites (N-methyl/N-ethyl adjacent to an activating group) is 1. The number of amides is 2. The fourth-order valence-corrected chi connectivity index (χ4v) is 3.29. The van der Waals surface area contributed by atoms with Crippen molar-refractivity contribution in [3.8, 4) is 0 Å². The van der Waals surface area contributed by atoms with Gasteiger partial charge < -0.3 is 26.0 Å². The molecule has 7 nitrogen and oxygen atoms in total. The summed E-state index contributed by atoms with van der Waals surface area (Å²) in [6, 6.07) is -0.587. The third kappa shape index (κ3) is 3.20. The summed E-state index contributed by atoms with van der Waals surface area (Å²) < 4.78 is 5.82. The van der Waals surface area contributed by atoms with Crippen LogP contribution < -0.4 is 16.4 Å². The smallest absolute Gasteiger partial charge is 0.247 e. The monoisotopic (exact) mass is 298 g/mol. The van der Waals surface area contributed by atoms with Crippen molar-refractivity contribution in [3.05, 3.63) is 0 Å². The molecule has 120 valence electrons. The van der Waals surface area contributed by atoms with E-state index in [2.05, 4.69) is 24.5 Å². The summed E-state index contributed by atoms with van der Waals surface area (Å²) in [5.41, 5.74) is 5.80. The number of rotatable bonds is 4. The number of fused-ring (bicyclic) bond motifs is 1. The van der Waals surface area contributed by atoms with Gasteiger partial charge in [0.25, 0.3) is 0 Å². The van der Waals surface area contributed by atoms with E-state index >= 15 is 0 Å². The molecule has 0 bridgehead atoms. The molecule has 0 saturated carbocycles. The molecule has 0 radical (unpaired) electrons. The molecule has 0 aromatic heterocycles. The standard InChI is InChI=1S/C14H26N4O3/c1-14(2)6-12-18(10(14)7-15)13(20)9(4-5-21-12)17-11(19)8-16-3/h9-10,12,16H,4-8,15H2,1-3H3,(H,17,19). The molecule has 7 heteroatoms. The molecule has 2 aliphatic rings. The van der Waals surface area contributed by atoms with Crippen LogP contribution in [-0.2, 0) is 14.3 Å². The highest BCUT2D eigenvalue weighted by Crippen LogP contribution is 2.41. The van der Waals surface area contributed by atoms with E-state index in [-0.39, 0.29) is 36.0 Å². The zero-order valence-electron chi connectivity index (χ0n) is 13.0. The lowest BCUT2D eigenvalue weighted by Crippen LogP contribution is -2.55. The van der Waals surface area contributed by atoms with Crippen LogP contribution in [0, 0.1) is 5.41 Å². The summed E-state index contributed by atoms with van der Waals surface area (Å²) in [4.78, 5) is 26.3. The van der Waals surface area contributed by atoms with Gasteiger partial charge in [0, 0.05) is 13.0 Å². The van der Waals surface area contributed by atoms with Gasteiger partial charge in [-0.15, -0.1) is 0 Å². The Morgan fingerprint density at radius 1 is 1.52 bits per heavy atom. The van der Waals surface area contributed by atoms with Gasteiger partial charge in [0.05, 0.1) is 19.2 Å². The number of nitrogens with zero attached hydrogens (tertiary/aromatic N) is 1. The summed E-state index contributed by atoms with van der Waals surface area (Å²) in [7, 11) is 1.70. The van der Waals surface area contributed by atoms with Crippen molar-refractivity contribution in [2.75, 3.05) is 26.7 Å². The van der Waals surface area contributed by atoms with Crippen LogP contribution in [0.4, 0.5) is 0 Å². The van der Waals surface area contributed by atoms with E-state index in [4.69, 9.17) is 10.5 Å². The topological polar surface area (TPSA) is 96.7 Å². The second-order valence-corrected chi connectivity index (χ2v) is 6.45. The van der Waals surface area contributed by atoms with Gasteiger partial charge in [0.2, 0.25) is 11.8 Å². The van der Waals surface area contributed by atoms with E-state index in [1.54, 1.807) is 11.9 Å². The first-order valence-corrected chi connectivity index (χ1v) is 7.48. The first kappa shape index (κ1) is 16.2. The van der Waals surface area contributed by atoms with E-state index in [9.17, 15) is 9.59 Å². The molecule has 2 fully saturated rings. The highest BCUT2D eigenvalue weighted by molar-refractivity contribution is 5.89. The van der Waals surface area contributed by atoms with Crippen LogP contribution in [-0.4, -0.2) is 61.8 Å². The van der Waals surface area contributed by atoms with Gasteiger partial charge in [-0.25, -0.2) is 0 Å². The average Bonchev–Trinajstić information content (AvgIpc) is 2.58. The molecule has 21 heavy (non-hydrogen) atoms. The molecule has 2 amide bonds. The minimum Gasteiger partial charge on any atom is -0.358 e. The van der Waals surface area contributed by atoms with Crippen molar-refractivity contribution in [3.63, 3.8) is 0 Å². The lowest BCUT2D eigenvalue weighted by atomic mass is 9.84. The summed E-state index contributed by atoms with van der Waals surface area (Å²) >= 11 is 0. The number of hydrogen-bond donors (Lipinski definition) is 3. The minimum atomic E-state index is -0.529. The van der Waals surface area contributed by atoms with Crippen LogP contribution in [0.2, 0.25) is 0 Å². The normalized spacial score (nSPS) is 31.7. The molecule has 0 aromatic rings. The van der Waals surface area contributed by atoms with Crippen LogP contribution in [0.15, 0.2) is 0 Å². The Morgan fingerprint density at radius 2 is 2.24 bits per heavy atom. The molecular formula is C14H26N4O3. The molecule has 0 aliphatic carbocycles. The maximum atomic E-state index is 12.8. The molecule has 2 aliphatic heterocycles. The Morgan fingerprint density at radius 3 is 2.86 bits per heavy atom. The summed E-state index contributed by atoms with van der Waals surface area (Å²) in [6.07, 6.45) is 1.05. The Labute approximate surface area is 125 Å². The number of nitrogens with two attached hydrogens (primary N) is 1. The summed E-state index contributed by atoms with van der Waals surface area (Å²) in [6.45, 7) is 5.26. The maximum absolute atomic E-state index is 12.8. The van der Waals surface area contributed by atoms with Crippen molar-refractivity contribution in [1.29, 1.82) is 0 Å². The van der Waals surface area contributed by atoms with E-state index in [0.717, 1.165) is 6.42 Å². The van der Waals surface area contributed by atoms with Crippen LogP contribution in [0.3, 0.4) is 0 Å². The minimum absolute atomic E-state index is 0.0585. The highest BCUT2D eigenvalue weighted by Gasteiger charge is 2.50. The molecule has 3 unspecified atom stereocenters. The SMILES string of the molecule is CNCC(=O)NC1CCOC2CC(C)(C)C(CN)N2C1=O. The average molecular weight is 298 g/mol. The van der Waals surface area contributed by atoms with Crippen molar-refractivity contribution >= 4 is 11.8 Å². The molecule has 0 aromatic carbocycles. The van der Waals surface area contributed by atoms with Crippen LogP contribution in [0.25, 0.3) is 0 Å². The Hall–Kier alpha value is -1.18. The van der Waals surface area contributed by atoms with Gasteiger partial charge in [0.15, 0.2) is 0 Å². The number of nitrogens with one attached hydrogen (secondary N) is 2. The van der Waals surface area contributed by atoms with Crippen LogP contribution in [0.5, 0.6) is 0 Å². The highest BCUT2D eigenvalue weighted by atomic mass is 16.5. The third-order valence-electron chi connectivity index (χ3n) is 4.41. The molecule has 3 atom stereocenters. The predicted molar refractivity (Wildman–Crippen MR) is 78.3 cm³/mol. The molecule has 4 N–H and O–H groups in total. The van der Waals surface area contributed by atoms with Crippen molar-refractivity contribution in [2.45, 2.75) is 45.0 Å². The number of carbonyl (C=O) groups is 2. The van der Waals surface area contributed by atoms with Gasteiger partial charge in [-0.2, -0.15) is 0 Å². The first-order chi connectivity index (χ1) is 9.90. The second kappa shape index (κ2) is 6.29. The fraction of sp³-hybridized carbons (Fsp3) is 0.857. The van der Waals surface area contributed by atoms with Crippen molar-refractivity contribution in [1.82, 2.24) is 15.5 Å². The van der Waals surface area contributed by atoms with Gasteiger partial charge in [-0.3, -0.25) is 9.59 Å². The zero-order valence-corrected chi connectivity index (χ0v) is 13.0. The van der Waals surface area contributed by atoms with Gasteiger partial charge >= 0.3 is 0 Å². The zero-order chi connectivity index (χ0) is 15.6.